The zero-order valence-corrected chi connectivity index (χ0v) is 14.0. The molecule has 108 valence electrons. The Labute approximate surface area is 141 Å². The summed E-state index contributed by atoms with van der Waals surface area (Å²) in [5, 5.41) is 0.348. The number of aryl methyl sites for hydroxylation is 1. The fraction of sp³-hybridized carbons (Fsp3) is 0.188. The van der Waals surface area contributed by atoms with Gasteiger partial charge in [0.2, 0.25) is 5.91 Å². The Morgan fingerprint density at radius 2 is 2.05 bits per heavy atom. The maximum absolute atomic E-state index is 13.9. The highest BCUT2D eigenvalue weighted by atomic mass is 127. The van der Waals surface area contributed by atoms with Gasteiger partial charge in [-0.05, 0) is 64.9 Å². The summed E-state index contributed by atoms with van der Waals surface area (Å²) in [5.74, 6) is -0.379. The van der Waals surface area contributed by atoms with E-state index in [4.69, 9.17) is 11.6 Å². The lowest BCUT2D eigenvalue weighted by Gasteiger charge is -2.30. The van der Waals surface area contributed by atoms with Crippen molar-refractivity contribution in [2.45, 2.75) is 19.4 Å². The largest absolute Gasteiger partial charge is 0.308 e. The quantitative estimate of drug-likeness (QED) is 0.658. The second-order valence-corrected chi connectivity index (χ2v) is 6.61. The molecule has 2 aromatic carbocycles. The zero-order chi connectivity index (χ0) is 15.0. The van der Waals surface area contributed by atoms with Crippen LogP contribution in [0.4, 0.5) is 10.1 Å². The van der Waals surface area contributed by atoms with Crippen molar-refractivity contribution in [3.8, 4) is 0 Å². The molecule has 0 aromatic heterocycles. The molecule has 21 heavy (non-hydrogen) atoms. The van der Waals surface area contributed by atoms with E-state index in [2.05, 4.69) is 28.7 Å². The van der Waals surface area contributed by atoms with Gasteiger partial charge >= 0.3 is 0 Å². The SMILES string of the molecule is O=C1CCc2cc(I)ccc2N1Cc1c(F)cccc1Cl. The minimum Gasteiger partial charge on any atom is -0.308 e. The van der Waals surface area contributed by atoms with Crippen molar-refractivity contribution in [3.63, 3.8) is 0 Å². The van der Waals surface area contributed by atoms with E-state index in [1.54, 1.807) is 17.0 Å². The number of halogens is 3. The number of hydrogen-bond donors (Lipinski definition) is 0. The highest BCUT2D eigenvalue weighted by molar-refractivity contribution is 14.1. The summed E-state index contributed by atoms with van der Waals surface area (Å²) >= 11 is 8.32. The average Bonchev–Trinajstić information content (AvgIpc) is 2.45. The molecule has 3 rings (SSSR count). The number of rotatable bonds is 2. The van der Waals surface area contributed by atoms with Gasteiger partial charge < -0.3 is 4.90 Å². The van der Waals surface area contributed by atoms with E-state index in [1.165, 1.54) is 6.07 Å². The number of nitrogens with zero attached hydrogens (tertiary/aromatic N) is 1. The lowest BCUT2D eigenvalue weighted by atomic mass is 10.0. The Bertz CT molecular complexity index is 699. The van der Waals surface area contributed by atoms with Crippen LogP contribution >= 0.6 is 34.2 Å². The first kappa shape index (κ1) is 14.8. The molecule has 0 saturated carbocycles. The fourth-order valence-electron chi connectivity index (χ4n) is 2.54. The monoisotopic (exact) mass is 415 g/mol. The first-order valence-corrected chi connectivity index (χ1v) is 8.03. The zero-order valence-electron chi connectivity index (χ0n) is 11.1. The van der Waals surface area contributed by atoms with Crippen LogP contribution in [0.3, 0.4) is 0 Å². The van der Waals surface area contributed by atoms with Gasteiger partial charge in [-0.3, -0.25) is 4.79 Å². The Morgan fingerprint density at radius 1 is 1.24 bits per heavy atom. The lowest BCUT2D eigenvalue weighted by molar-refractivity contribution is -0.119. The van der Waals surface area contributed by atoms with Crippen molar-refractivity contribution in [3.05, 3.63) is 61.9 Å². The number of fused-ring (bicyclic) bond motifs is 1. The second-order valence-electron chi connectivity index (χ2n) is 4.95. The maximum atomic E-state index is 13.9. The van der Waals surface area contributed by atoms with Gasteiger partial charge in [0.05, 0.1) is 6.54 Å². The molecule has 0 radical (unpaired) electrons. The Morgan fingerprint density at radius 3 is 2.81 bits per heavy atom. The van der Waals surface area contributed by atoms with Crippen LogP contribution in [0, 0.1) is 9.39 Å². The number of anilines is 1. The van der Waals surface area contributed by atoms with Gasteiger partial charge in [-0.2, -0.15) is 0 Å². The molecule has 1 aliphatic rings. The molecule has 1 aliphatic heterocycles. The molecule has 0 fully saturated rings. The van der Waals surface area contributed by atoms with Crippen molar-refractivity contribution < 1.29 is 9.18 Å². The van der Waals surface area contributed by atoms with Crippen molar-refractivity contribution in [1.29, 1.82) is 0 Å². The molecule has 0 saturated heterocycles. The summed E-state index contributed by atoms with van der Waals surface area (Å²) in [7, 11) is 0. The standard InChI is InChI=1S/C16H12ClFINO/c17-13-2-1-3-14(18)12(13)9-20-15-6-5-11(19)8-10(15)4-7-16(20)21/h1-3,5-6,8H,4,7,9H2. The number of hydrogen-bond acceptors (Lipinski definition) is 1. The van der Waals surface area contributed by atoms with E-state index in [-0.39, 0.29) is 18.3 Å². The van der Waals surface area contributed by atoms with Crippen LogP contribution in [-0.2, 0) is 17.8 Å². The van der Waals surface area contributed by atoms with Crippen LogP contribution in [0.25, 0.3) is 0 Å². The van der Waals surface area contributed by atoms with Gasteiger partial charge in [-0.1, -0.05) is 17.7 Å². The highest BCUT2D eigenvalue weighted by Crippen LogP contribution is 2.32. The van der Waals surface area contributed by atoms with E-state index in [0.717, 1.165) is 21.2 Å². The van der Waals surface area contributed by atoms with E-state index in [9.17, 15) is 9.18 Å². The third-order valence-electron chi connectivity index (χ3n) is 3.62. The van der Waals surface area contributed by atoms with Crippen molar-refractivity contribution >= 4 is 45.8 Å². The van der Waals surface area contributed by atoms with Crippen LogP contribution in [0.5, 0.6) is 0 Å². The number of amides is 1. The third-order valence-corrected chi connectivity index (χ3v) is 4.64. The third kappa shape index (κ3) is 2.92. The topological polar surface area (TPSA) is 20.3 Å². The first-order valence-electron chi connectivity index (χ1n) is 6.58. The molecule has 1 heterocycles. The summed E-state index contributed by atoms with van der Waals surface area (Å²) in [6.07, 6.45) is 1.17. The Hall–Kier alpha value is -1.14. The Kier molecular flexibility index (Phi) is 4.17. The number of carbonyl (C=O) groups is 1. The van der Waals surface area contributed by atoms with Crippen molar-refractivity contribution in [2.24, 2.45) is 0 Å². The van der Waals surface area contributed by atoms with Gasteiger partial charge in [0, 0.05) is 26.3 Å². The highest BCUT2D eigenvalue weighted by Gasteiger charge is 2.25. The fourth-order valence-corrected chi connectivity index (χ4v) is 3.32. The molecule has 0 unspecified atom stereocenters. The van der Waals surface area contributed by atoms with Gasteiger partial charge in [-0.15, -0.1) is 0 Å². The normalized spacial score (nSPS) is 14.2. The van der Waals surface area contributed by atoms with Crippen molar-refractivity contribution in [2.75, 3.05) is 4.90 Å². The Balaban J connectivity index is 2.01. The summed E-state index contributed by atoms with van der Waals surface area (Å²) in [4.78, 5) is 13.9. The van der Waals surface area contributed by atoms with E-state index in [0.29, 0.717) is 17.0 Å². The summed E-state index contributed by atoms with van der Waals surface area (Å²) in [6.45, 7) is 0.165. The maximum Gasteiger partial charge on any atom is 0.227 e. The molecule has 5 heteroatoms. The van der Waals surface area contributed by atoms with Crippen molar-refractivity contribution in [1.82, 2.24) is 0 Å². The predicted octanol–water partition coefficient (Wildman–Crippen LogP) is 4.56. The molecule has 0 spiro atoms. The van der Waals surface area contributed by atoms with E-state index in [1.807, 2.05) is 12.1 Å². The predicted molar refractivity (Wildman–Crippen MR) is 90.1 cm³/mol. The van der Waals surface area contributed by atoms with E-state index < -0.39 is 0 Å². The molecule has 0 aliphatic carbocycles. The average molecular weight is 416 g/mol. The lowest BCUT2D eigenvalue weighted by Crippen LogP contribution is -2.35. The number of benzene rings is 2. The smallest absolute Gasteiger partial charge is 0.227 e. The van der Waals surface area contributed by atoms with E-state index >= 15 is 0 Å². The van der Waals surface area contributed by atoms with Crippen LogP contribution in [0.1, 0.15) is 17.5 Å². The summed E-state index contributed by atoms with van der Waals surface area (Å²) < 4.78 is 15.1. The molecular formula is C16H12ClFINO. The van der Waals surface area contributed by atoms with Crippen LogP contribution in [0.2, 0.25) is 5.02 Å². The summed E-state index contributed by atoms with van der Waals surface area (Å²) in [6, 6.07) is 10.5. The molecular weight excluding hydrogens is 404 g/mol. The van der Waals surface area contributed by atoms with Gasteiger partial charge in [0.1, 0.15) is 5.82 Å². The summed E-state index contributed by atoms with van der Waals surface area (Å²) in [5.41, 5.74) is 2.33. The van der Waals surface area contributed by atoms with Gasteiger partial charge in [0.15, 0.2) is 0 Å². The van der Waals surface area contributed by atoms with Gasteiger partial charge in [0.25, 0.3) is 0 Å². The molecule has 2 nitrogen and oxygen atoms in total. The minimum atomic E-state index is -0.382. The number of carbonyl (C=O) groups excluding carboxylic acids is 1. The van der Waals surface area contributed by atoms with Crippen LogP contribution < -0.4 is 4.90 Å². The second kappa shape index (κ2) is 5.93. The molecule has 2 aromatic rings. The molecule has 0 bridgehead atoms. The van der Waals surface area contributed by atoms with Gasteiger partial charge in [-0.25, -0.2) is 4.39 Å². The molecule has 0 atom stereocenters. The van der Waals surface area contributed by atoms with Crippen LogP contribution in [-0.4, -0.2) is 5.91 Å². The van der Waals surface area contributed by atoms with Crippen LogP contribution in [0.15, 0.2) is 36.4 Å². The molecule has 0 N–H and O–H groups in total. The molecule has 1 amide bonds. The minimum absolute atomic E-state index is 0.00280. The first-order chi connectivity index (χ1) is 10.1.